The third kappa shape index (κ3) is 3.84. The van der Waals surface area contributed by atoms with E-state index in [-0.39, 0.29) is 0 Å². The highest BCUT2D eigenvalue weighted by Crippen LogP contribution is 2.29. The maximum absolute atomic E-state index is 10.5. The Morgan fingerprint density at radius 2 is 1.83 bits per heavy atom. The summed E-state index contributed by atoms with van der Waals surface area (Å²) < 4.78 is 5.51. The number of likely N-dealkylation sites (tertiary alicyclic amines) is 1. The maximum atomic E-state index is 10.5. The molecule has 1 aliphatic rings. The Bertz CT molecular complexity index is 629. The lowest BCUT2D eigenvalue weighted by atomic mass is 9.92. The van der Waals surface area contributed by atoms with Crippen molar-refractivity contribution in [3.8, 4) is 11.4 Å². The summed E-state index contributed by atoms with van der Waals surface area (Å²) in [6.45, 7) is 6.80. The molecule has 1 N–H and O–H groups in total. The van der Waals surface area contributed by atoms with Crippen LogP contribution in [0.2, 0.25) is 0 Å². The van der Waals surface area contributed by atoms with Crippen molar-refractivity contribution < 1.29 is 9.63 Å². The van der Waals surface area contributed by atoms with Crippen LogP contribution < -0.4 is 0 Å². The van der Waals surface area contributed by atoms with E-state index in [9.17, 15) is 5.11 Å². The summed E-state index contributed by atoms with van der Waals surface area (Å²) in [7, 11) is 0. The van der Waals surface area contributed by atoms with Crippen molar-refractivity contribution in [2.75, 3.05) is 19.6 Å². The van der Waals surface area contributed by atoms with E-state index in [1.54, 1.807) is 0 Å². The lowest BCUT2D eigenvalue weighted by molar-refractivity contribution is -0.00973. The molecule has 5 nitrogen and oxygen atoms in total. The summed E-state index contributed by atoms with van der Waals surface area (Å²) in [4.78, 5) is 6.95. The zero-order chi connectivity index (χ0) is 17.0. The Hall–Kier alpha value is -1.72. The van der Waals surface area contributed by atoms with E-state index in [0.717, 1.165) is 56.8 Å². The quantitative estimate of drug-likeness (QED) is 0.879. The molecule has 1 saturated heterocycles. The van der Waals surface area contributed by atoms with E-state index < -0.39 is 5.60 Å². The van der Waals surface area contributed by atoms with E-state index in [4.69, 9.17) is 4.52 Å². The van der Waals surface area contributed by atoms with Gasteiger partial charge in [-0.1, -0.05) is 49.3 Å². The van der Waals surface area contributed by atoms with Gasteiger partial charge in [0.1, 0.15) is 0 Å². The first-order chi connectivity index (χ1) is 11.6. The fourth-order valence-electron chi connectivity index (χ4n) is 3.33. The van der Waals surface area contributed by atoms with Crippen molar-refractivity contribution in [2.24, 2.45) is 0 Å². The predicted octanol–water partition coefficient (Wildman–Crippen LogP) is 3.47. The first-order valence-electron chi connectivity index (χ1n) is 8.97. The predicted molar refractivity (Wildman–Crippen MR) is 93.7 cm³/mol. The number of aromatic nitrogens is 2. The minimum Gasteiger partial charge on any atom is -0.389 e. The summed E-state index contributed by atoms with van der Waals surface area (Å²) in [5, 5.41) is 14.6. The summed E-state index contributed by atoms with van der Waals surface area (Å²) in [6.07, 6.45) is 3.60. The van der Waals surface area contributed by atoms with Gasteiger partial charge in [-0.3, -0.25) is 0 Å². The molecule has 0 bridgehead atoms. The van der Waals surface area contributed by atoms with E-state index in [1.807, 2.05) is 30.3 Å². The van der Waals surface area contributed by atoms with Crippen LogP contribution >= 0.6 is 0 Å². The highest BCUT2D eigenvalue weighted by Gasteiger charge is 2.30. The van der Waals surface area contributed by atoms with Gasteiger partial charge in [-0.05, 0) is 38.8 Å². The van der Waals surface area contributed by atoms with Gasteiger partial charge in [0.05, 0.1) is 5.60 Å². The molecule has 0 aliphatic carbocycles. The molecule has 1 aromatic carbocycles. The van der Waals surface area contributed by atoms with Gasteiger partial charge in [-0.25, -0.2) is 0 Å². The zero-order valence-electron chi connectivity index (χ0n) is 14.6. The van der Waals surface area contributed by atoms with Crippen molar-refractivity contribution in [2.45, 2.75) is 51.0 Å². The smallest absolute Gasteiger partial charge is 0.230 e. The van der Waals surface area contributed by atoms with Gasteiger partial charge in [0, 0.05) is 18.0 Å². The van der Waals surface area contributed by atoms with Gasteiger partial charge in [0.2, 0.25) is 11.7 Å². The lowest BCUT2D eigenvalue weighted by Gasteiger charge is -2.36. The molecular weight excluding hydrogens is 302 g/mol. The minimum atomic E-state index is -0.558. The molecule has 0 atom stereocenters. The largest absolute Gasteiger partial charge is 0.389 e. The SMILES string of the molecule is CCC(O)(CC)CN1CCC(c2nc(-c3ccccc3)no2)CC1. The number of nitrogens with zero attached hydrogens (tertiary/aromatic N) is 3. The van der Waals surface area contributed by atoms with Crippen LogP contribution in [0.1, 0.15) is 51.3 Å². The Labute approximate surface area is 143 Å². The molecule has 1 aliphatic heterocycles. The van der Waals surface area contributed by atoms with Crippen LogP contribution in [0.3, 0.4) is 0 Å². The first kappa shape index (κ1) is 17.1. The first-order valence-corrected chi connectivity index (χ1v) is 8.97. The molecule has 0 spiro atoms. The van der Waals surface area contributed by atoms with Crippen LogP contribution in [0.15, 0.2) is 34.9 Å². The fraction of sp³-hybridized carbons (Fsp3) is 0.579. The molecule has 2 aromatic rings. The standard InChI is InChI=1S/C19H27N3O2/c1-3-19(23,4-2)14-22-12-10-16(11-13-22)18-20-17(21-24-18)15-8-6-5-7-9-15/h5-9,16,23H,3-4,10-14H2,1-2H3. The van der Waals surface area contributed by atoms with Crippen LogP contribution in [-0.4, -0.2) is 45.4 Å². The van der Waals surface area contributed by atoms with Crippen LogP contribution in [0.5, 0.6) is 0 Å². The molecule has 1 aromatic heterocycles. The van der Waals surface area contributed by atoms with Crippen LogP contribution in [0.4, 0.5) is 0 Å². The molecule has 3 rings (SSSR count). The van der Waals surface area contributed by atoms with Gasteiger partial charge in [0.25, 0.3) is 0 Å². The molecule has 0 radical (unpaired) electrons. The Kier molecular flexibility index (Phi) is 5.31. The molecule has 2 heterocycles. The lowest BCUT2D eigenvalue weighted by Crippen LogP contribution is -2.45. The summed E-state index contributed by atoms with van der Waals surface area (Å²) in [5.41, 5.74) is 0.429. The topological polar surface area (TPSA) is 62.4 Å². The number of rotatable bonds is 6. The molecule has 0 saturated carbocycles. The van der Waals surface area contributed by atoms with Gasteiger partial charge >= 0.3 is 0 Å². The van der Waals surface area contributed by atoms with Crippen molar-refractivity contribution in [1.82, 2.24) is 15.0 Å². The summed E-state index contributed by atoms with van der Waals surface area (Å²) in [5.74, 6) is 1.73. The van der Waals surface area contributed by atoms with Gasteiger partial charge in [-0.2, -0.15) is 4.98 Å². The van der Waals surface area contributed by atoms with E-state index in [1.165, 1.54) is 0 Å². The second-order valence-corrected chi connectivity index (χ2v) is 6.80. The minimum absolute atomic E-state index is 0.322. The number of piperidine rings is 1. The molecular formula is C19H27N3O2. The van der Waals surface area contributed by atoms with Crippen LogP contribution in [0, 0.1) is 0 Å². The van der Waals surface area contributed by atoms with Crippen LogP contribution in [-0.2, 0) is 0 Å². The Morgan fingerprint density at radius 1 is 1.17 bits per heavy atom. The maximum Gasteiger partial charge on any atom is 0.230 e. The highest BCUT2D eigenvalue weighted by atomic mass is 16.5. The monoisotopic (exact) mass is 329 g/mol. The molecule has 130 valence electrons. The van der Waals surface area contributed by atoms with Crippen molar-refractivity contribution in [3.05, 3.63) is 36.2 Å². The third-order valence-electron chi connectivity index (χ3n) is 5.24. The molecule has 5 heteroatoms. The average molecular weight is 329 g/mol. The number of β-amino-alcohol motifs (C(OH)–C–C–N with tert-alkyl or cyclic N) is 1. The number of aliphatic hydroxyl groups is 1. The number of benzene rings is 1. The van der Waals surface area contributed by atoms with Crippen LogP contribution in [0.25, 0.3) is 11.4 Å². The Morgan fingerprint density at radius 3 is 2.46 bits per heavy atom. The summed E-state index contributed by atoms with van der Waals surface area (Å²) in [6, 6.07) is 9.92. The normalized spacial score (nSPS) is 17.3. The van der Waals surface area contributed by atoms with Crippen molar-refractivity contribution in [1.29, 1.82) is 0 Å². The third-order valence-corrected chi connectivity index (χ3v) is 5.24. The Balaban J connectivity index is 1.58. The van der Waals surface area contributed by atoms with E-state index >= 15 is 0 Å². The van der Waals surface area contributed by atoms with Gasteiger partial charge in [-0.15, -0.1) is 0 Å². The van der Waals surface area contributed by atoms with Crippen molar-refractivity contribution in [3.63, 3.8) is 0 Å². The second kappa shape index (κ2) is 7.45. The van der Waals surface area contributed by atoms with Gasteiger partial charge < -0.3 is 14.5 Å². The molecule has 1 fully saturated rings. The zero-order valence-corrected chi connectivity index (χ0v) is 14.6. The molecule has 24 heavy (non-hydrogen) atoms. The molecule has 0 unspecified atom stereocenters. The van der Waals surface area contributed by atoms with Gasteiger partial charge in [0.15, 0.2) is 0 Å². The average Bonchev–Trinajstić information content (AvgIpc) is 3.13. The molecule has 0 amide bonds. The van der Waals surface area contributed by atoms with E-state index in [0.29, 0.717) is 11.7 Å². The van der Waals surface area contributed by atoms with E-state index in [2.05, 4.69) is 28.9 Å². The summed E-state index contributed by atoms with van der Waals surface area (Å²) >= 11 is 0. The fourth-order valence-corrected chi connectivity index (χ4v) is 3.33. The highest BCUT2D eigenvalue weighted by molar-refractivity contribution is 5.53. The number of hydrogen-bond donors (Lipinski definition) is 1. The number of hydrogen-bond acceptors (Lipinski definition) is 5. The van der Waals surface area contributed by atoms with Crippen molar-refractivity contribution >= 4 is 0 Å². The second-order valence-electron chi connectivity index (χ2n) is 6.80.